The first-order valence-electron chi connectivity index (χ1n) is 6.76. The van der Waals surface area contributed by atoms with E-state index >= 15 is 0 Å². The molecule has 1 aromatic heterocycles. The SMILES string of the molecule is COCCNCC(CCc1cccs1)C(C)(C)C. The fourth-order valence-corrected chi connectivity index (χ4v) is 2.79. The van der Waals surface area contributed by atoms with Gasteiger partial charge in [-0.3, -0.25) is 0 Å². The highest BCUT2D eigenvalue weighted by molar-refractivity contribution is 7.09. The van der Waals surface area contributed by atoms with Crippen molar-refractivity contribution in [3.8, 4) is 0 Å². The van der Waals surface area contributed by atoms with Crippen molar-refractivity contribution >= 4 is 11.3 Å². The average Bonchev–Trinajstić information content (AvgIpc) is 2.79. The molecule has 1 aromatic rings. The second kappa shape index (κ2) is 7.93. The van der Waals surface area contributed by atoms with Crippen LogP contribution in [-0.2, 0) is 11.2 Å². The number of hydrogen-bond acceptors (Lipinski definition) is 3. The summed E-state index contributed by atoms with van der Waals surface area (Å²) < 4.78 is 5.07. The molecule has 2 nitrogen and oxygen atoms in total. The van der Waals surface area contributed by atoms with Gasteiger partial charge >= 0.3 is 0 Å². The summed E-state index contributed by atoms with van der Waals surface area (Å²) in [7, 11) is 1.75. The van der Waals surface area contributed by atoms with Crippen LogP contribution >= 0.6 is 11.3 Å². The maximum Gasteiger partial charge on any atom is 0.0587 e. The monoisotopic (exact) mass is 269 g/mol. The number of aryl methyl sites for hydroxylation is 1. The lowest BCUT2D eigenvalue weighted by molar-refractivity contribution is 0.183. The van der Waals surface area contributed by atoms with Crippen LogP contribution < -0.4 is 5.32 Å². The van der Waals surface area contributed by atoms with Crippen LogP contribution in [0.15, 0.2) is 17.5 Å². The van der Waals surface area contributed by atoms with Crippen LogP contribution in [0.2, 0.25) is 0 Å². The summed E-state index contributed by atoms with van der Waals surface area (Å²) in [6.07, 6.45) is 2.45. The molecule has 1 rings (SSSR count). The molecule has 1 heterocycles. The van der Waals surface area contributed by atoms with Crippen molar-refractivity contribution in [2.75, 3.05) is 26.8 Å². The van der Waals surface area contributed by atoms with Gasteiger partial charge in [0.25, 0.3) is 0 Å². The Kier molecular flexibility index (Phi) is 6.90. The van der Waals surface area contributed by atoms with E-state index in [2.05, 4.69) is 43.6 Å². The maximum absolute atomic E-state index is 5.07. The number of nitrogens with one attached hydrogen (secondary N) is 1. The molecule has 0 spiro atoms. The van der Waals surface area contributed by atoms with E-state index in [-0.39, 0.29) is 0 Å². The topological polar surface area (TPSA) is 21.3 Å². The largest absolute Gasteiger partial charge is 0.383 e. The highest BCUT2D eigenvalue weighted by Crippen LogP contribution is 2.29. The molecule has 1 atom stereocenters. The molecule has 1 N–H and O–H groups in total. The molecular weight excluding hydrogens is 242 g/mol. The molecule has 18 heavy (non-hydrogen) atoms. The number of methoxy groups -OCH3 is 1. The Morgan fingerprint density at radius 2 is 2.17 bits per heavy atom. The van der Waals surface area contributed by atoms with Crippen LogP contribution in [0.3, 0.4) is 0 Å². The van der Waals surface area contributed by atoms with Gasteiger partial charge in [-0.05, 0) is 42.2 Å². The molecule has 3 heteroatoms. The number of hydrogen-bond donors (Lipinski definition) is 1. The van der Waals surface area contributed by atoms with Gasteiger partial charge in [-0.15, -0.1) is 11.3 Å². The minimum Gasteiger partial charge on any atom is -0.383 e. The van der Waals surface area contributed by atoms with Crippen molar-refractivity contribution in [1.82, 2.24) is 5.32 Å². The molecule has 0 bridgehead atoms. The molecule has 1 unspecified atom stereocenters. The standard InChI is InChI=1S/C15H27NOS/c1-15(2,3)13(12-16-9-10-17-4)7-8-14-6-5-11-18-14/h5-6,11,13,16H,7-10,12H2,1-4H3. The normalized spacial score (nSPS) is 13.8. The van der Waals surface area contributed by atoms with E-state index in [0.29, 0.717) is 11.3 Å². The first-order chi connectivity index (χ1) is 8.54. The zero-order chi connectivity index (χ0) is 13.4. The first-order valence-corrected chi connectivity index (χ1v) is 7.64. The zero-order valence-corrected chi connectivity index (χ0v) is 13.0. The Morgan fingerprint density at radius 1 is 1.39 bits per heavy atom. The lowest BCUT2D eigenvalue weighted by Crippen LogP contribution is -2.33. The van der Waals surface area contributed by atoms with Crippen LogP contribution in [0.5, 0.6) is 0 Å². The van der Waals surface area contributed by atoms with Gasteiger partial charge in [-0.1, -0.05) is 26.8 Å². The van der Waals surface area contributed by atoms with E-state index in [1.54, 1.807) is 7.11 Å². The van der Waals surface area contributed by atoms with E-state index in [4.69, 9.17) is 4.74 Å². The minimum atomic E-state index is 0.358. The highest BCUT2D eigenvalue weighted by Gasteiger charge is 2.23. The fraction of sp³-hybridized carbons (Fsp3) is 0.733. The van der Waals surface area contributed by atoms with Crippen molar-refractivity contribution in [2.45, 2.75) is 33.6 Å². The van der Waals surface area contributed by atoms with Crippen LogP contribution in [0.4, 0.5) is 0 Å². The lowest BCUT2D eigenvalue weighted by atomic mass is 9.78. The summed E-state index contributed by atoms with van der Waals surface area (Å²) in [6, 6.07) is 4.38. The van der Waals surface area contributed by atoms with Gasteiger partial charge in [-0.25, -0.2) is 0 Å². The molecule has 0 aliphatic rings. The van der Waals surface area contributed by atoms with Gasteiger partial charge in [0.1, 0.15) is 0 Å². The smallest absolute Gasteiger partial charge is 0.0587 e. The van der Waals surface area contributed by atoms with E-state index in [0.717, 1.165) is 19.7 Å². The molecule has 0 saturated carbocycles. The van der Waals surface area contributed by atoms with Crippen LogP contribution in [0, 0.1) is 11.3 Å². The summed E-state index contributed by atoms with van der Waals surface area (Å²) >= 11 is 1.87. The Hall–Kier alpha value is -0.380. The molecular formula is C15H27NOS. The quantitative estimate of drug-likeness (QED) is 0.728. The van der Waals surface area contributed by atoms with Gasteiger partial charge in [0.2, 0.25) is 0 Å². The fourth-order valence-electron chi connectivity index (χ4n) is 2.06. The van der Waals surface area contributed by atoms with Gasteiger partial charge in [0, 0.05) is 18.5 Å². The van der Waals surface area contributed by atoms with E-state index < -0.39 is 0 Å². The number of rotatable bonds is 8. The van der Waals surface area contributed by atoms with Crippen LogP contribution in [-0.4, -0.2) is 26.8 Å². The Bertz CT molecular complexity index is 303. The molecule has 0 aliphatic heterocycles. The van der Waals surface area contributed by atoms with E-state index in [1.165, 1.54) is 17.7 Å². The molecule has 0 aliphatic carbocycles. The molecule has 0 aromatic carbocycles. The summed E-state index contributed by atoms with van der Waals surface area (Å²) in [5, 5.41) is 5.67. The van der Waals surface area contributed by atoms with Crippen LogP contribution in [0.25, 0.3) is 0 Å². The molecule has 104 valence electrons. The lowest BCUT2D eigenvalue weighted by Gasteiger charge is -2.31. The summed E-state index contributed by atoms with van der Waals surface area (Å²) in [6.45, 7) is 9.83. The van der Waals surface area contributed by atoms with E-state index in [1.807, 2.05) is 11.3 Å². The van der Waals surface area contributed by atoms with Crippen molar-refractivity contribution in [3.05, 3.63) is 22.4 Å². The van der Waals surface area contributed by atoms with Gasteiger partial charge in [-0.2, -0.15) is 0 Å². The average molecular weight is 269 g/mol. The van der Waals surface area contributed by atoms with Gasteiger partial charge < -0.3 is 10.1 Å². The third kappa shape index (κ3) is 5.98. The summed E-state index contributed by atoms with van der Waals surface area (Å²) in [4.78, 5) is 1.50. The van der Waals surface area contributed by atoms with Crippen molar-refractivity contribution < 1.29 is 4.74 Å². The Labute approximate surface area is 116 Å². The molecule has 0 saturated heterocycles. The first kappa shape index (κ1) is 15.7. The Morgan fingerprint density at radius 3 is 2.72 bits per heavy atom. The van der Waals surface area contributed by atoms with Crippen molar-refractivity contribution in [1.29, 1.82) is 0 Å². The number of thiophene rings is 1. The van der Waals surface area contributed by atoms with Crippen molar-refractivity contribution in [2.24, 2.45) is 11.3 Å². The highest BCUT2D eigenvalue weighted by atomic mass is 32.1. The molecule has 0 radical (unpaired) electrons. The van der Waals surface area contributed by atoms with Gasteiger partial charge in [0.15, 0.2) is 0 Å². The second-order valence-corrected chi connectivity index (χ2v) is 6.91. The predicted molar refractivity (Wildman–Crippen MR) is 80.3 cm³/mol. The maximum atomic E-state index is 5.07. The molecule has 0 fully saturated rings. The summed E-state index contributed by atoms with van der Waals surface area (Å²) in [5.41, 5.74) is 0.358. The van der Waals surface area contributed by atoms with Crippen LogP contribution in [0.1, 0.15) is 32.1 Å². The van der Waals surface area contributed by atoms with Gasteiger partial charge in [0.05, 0.1) is 6.61 Å². The molecule has 0 amide bonds. The zero-order valence-electron chi connectivity index (χ0n) is 12.2. The Balaban J connectivity index is 2.36. The third-order valence-corrected chi connectivity index (χ3v) is 4.35. The van der Waals surface area contributed by atoms with Crippen molar-refractivity contribution in [3.63, 3.8) is 0 Å². The summed E-state index contributed by atoms with van der Waals surface area (Å²) in [5.74, 6) is 0.705. The predicted octanol–water partition coefficient (Wildman–Crippen LogP) is 3.58. The third-order valence-electron chi connectivity index (χ3n) is 3.42. The minimum absolute atomic E-state index is 0.358. The second-order valence-electron chi connectivity index (χ2n) is 5.88. The van der Waals surface area contributed by atoms with E-state index in [9.17, 15) is 0 Å². The number of ether oxygens (including phenoxy) is 1.